The summed E-state index contributed by atoms with van der Waals surface area (Å²) in [5, 5.41) is 9.00. The van der Waals surface area contributed by atoms with E-state index in [1.54, 1.807) is 0 Å². The molecule has 0 amide bonds. The molecule has 18 heavy (non-hydrogen) atoms. The number of rotatable bonds is 3. The van der Waals surface area contributed by atoms with Gasteiger partial charge in [0.15, 0.2) is 0 Å². The summed E-state index contributed by atoms with van der Waals surface area (Å²) in [5.41, 5.74) is 6.42. The summed E-state index contributed by atoms with van der Waals surface area (Å²) < 4.78 is 0. The predicted octanol–water partition coefficient (Wildman–Crippen LogP) is 1.55. The Morgan fingerprint density at radius 2 is 1.61 bits per heavy atom. The van der Waals surface area contributed by atoms with E-state index >= 15 is 0 Å². The fourth-order valence-corrected chi connectivity index (χ4v) is 3.55. The first-order valence-corrected chi connectivity index (χ1v) is 7.25. The van der Waals surface area contributed by atoms with Crippen LogP contribution in [0.2, 0.25) is 0 Å². The molecule has 4 nitrogen and oxygen atoms in total. The molecule has 1 aliphatic heterocycles. The first-order valence-electron chi connectivity index (χ1n) is 7.25. The van der Waals surface area contributed by atoms with Crippen LogP contribution in [-0.2, 0) is 4.79 Å². The number of hydrogen-bond donors (Lipinski definition) is 2. The first-order chi connectivity index (χ1) is 8.58. The number of nitrogens with two attached hydrogens (primary N) is 1. The number of piperidine rings is 1. The summed E-state index contributed by atoms with van der Waals surface area (Å²) in [5.74, 6) is 0.453. The van der Waals surface area contributed by atoms with Crippen LogP contribution in [0.4, 0.5) is 0 Å². The van der Waals surface area contributed by atoms with Gasteiger partial charge in [-0.2, -0.15) is 0 Å². The van der Waals surface area contributed by atoms with Crippen molar-refractivity contribution in [3.63, 3.8) is 0 Å². The van der Waals surface area contributed by atoms with E-state index in [1.807, 2.05) is 0 Å². The molecule has 104 valence electrons. The van der Waals surface area contributed by atoms with Gasteiger partial charge in [-0.1, -0.05) is 0 Å². The minimum absolute atomic E-state index is 0.120. The van der Waals surface area contributed by atoms with Crippen molar-refractivity contribution in [2.24, 2.45) is 23.5 Å². The molecule has 4 heteroatoms. The Balaban J connectivity index is 1.80. The lowest BCUT2D eigenvalue weighted by Gasteiger charge is -2.38. The van der Waals surface area contributed by atoms with Gasteiger partial charge in [-0.3, -0.25) is 4.79 Å². The molecule has 0 radical (unpaired) electrons. The van der Waals surface area contributed by atoms with Gasteiger partial charge in [-0.05, 0) is 70.5 Å². The third-order valence-electron chi connectivity index (χ3n) is 4.97. The zero-order valence-electron chi connectivity index (χ0n) is 11.3. The van der Waals surface area contributed by atoms with Crippen molar-refractivity contribution in [3.05, 3.63) is 0 Å². The average Bonchev–Trinajstić information content (AvgIpc) is 2.39. The second-order valence-electron chi connectivity index (χ2n) is 6.17. The molecule has 1 atom stereocenters. The van der Waals surface area contributed by atoms with E-state index < -0.39 is 5.97 Å². The minimum Gasteiger partial charge on any atom is -0.481 e. The molecule has 1 aliphatic carbocycles. The van der Waals surface area contributed by atoms with E-state index in [2.05, 4.69) is 11.9 Å². The van der Waals surface area contributed by atoms with E-state index in [-0.39, 0.29) is 12.0 Å². The third kappa shape index (κ3) is 3.23. The Labute approximate surface area is 110 Å². The highest BCUT2D eigenvalue weighted by atomic mass is 16.4. The van der Waals surface area contributed by atoms with Crippen LogP contribution in [0.25, 0.3) is 0 Å². The van der Waals surface area contributed by atoms with Crippen molar-refractivity contribution >= 4 is 5.97 Å². The lowest BCUT2D eigenvalue weighted by molar-refractivity contribution is -0.143. The molecule has 1 saturated carbocycles. The van der Waals surface area contributed by atoms with Crippen LogP contribution < -0.4 is 5.73 Å². The summed E-state index contributed by atoms with van der Waals surface area (Å²) in [6, 6.07) is 0.286. The van der Waals surface area contributed by atoms with E-state index in [0.29, 0.717) is 11.8 Å². The summed E-state index contributed by atoms with van der Waals surface area (Å²) in [4.78, 5) is 13.3. The topological polar surface area (TPSA) is 66.6 Å². The van der Waals surface area contributed by atoms with Crippen LogP contribution in [0.1, 0.15) is 38.5 Å². The lowest BCUT2D eigenvalue weighted by atomic mass is 9.73. The van der Waals surface area contributed by atoms with Crippen molar-refractivity contribution in [1.82, 2.24) is 4.90 Å². The number of nitrogens with zero attached hydrogens (tertiary/aromatic N) is 1. The number of likely N-dealkylation sites (tertiary alicyclic amines) is 1. The van der Waals surface area contributed by atoms with Gasteiger partial charge >= 0.3 is 5.97 Å². The van der Waals surface area contributed by atoms with Crippen molar-refractivity contribution in [1.29, 1.82) is 0 Å². The fraction of sp³-hybridized carbons (Fsp3) is 0.929. The van der Waals surface area contributed by atoms with E-state index in [4.69, 9.17) is 10.8 Å². The van der Waals surface area contributed by atoms with Crippen LogP contribution in [0.5, 0.6) is 0 Å². The molecule has 1 unspecified atom stereocenters. The normalized spacial score (nSPS) is 33.2. The molecule has 0 aromatic carbocycles. The molecule has 2 aliphatic rings. The number of carboxylic acids is 1. The number of hydrogen-bond acceptors (Lipinski definition) is 3. The van der Waals surface area contributed by atoms with Gasteiger partial charge in [0.05, 0.1) is 5.92 Å². The zero-order chi connectivity index (χ0) is 13.1. The third-order valence-corrected chi connectivity index (χ3v) is 4.97. The van der Waals surface area contributed by atoms with Gasteiger partial charge in [0.25, 0.3) is 0 Å². The molecule has 0 aromatic heterocycles. The summed E-state index contributed by atoms with van der Waals surface area (Å²) in [7, 11) is 2.17. The lowest BCUT2D eigenvalue weighted by Crippen LogP contribution is -2.44. The Bertz CT molecular complexity index is 280. The Morgan fingerprint density at radius 1 is 1.11 bits per heavy atom. The molecule has 0 aromatic rings. The molecule has 0 spiro atoms. The maximum absolute atomic E-state index is 10.9. The van der Waals surface area contributed by atoms with Crippen molar-refractivity contribution in [2.45, 2.75) is 44.6 Å². The zero-order valence-corrected chi connectivity index (χ0v) is 11.3. The Morgan fingerprint density at radius 3 is 2.11 bits per heavy atom. The van der Waals surface area contributed by atoms with Gasteiger partial charge < -0.3 is 15.7 Å². The van der Waals surface area contributed by atoms with Crippen LogP contribution in [-0.4, -0.2) is 42.2 Å². The van der Waals surface area contributed by atoms with E-state index in [0.717, 1.165) is 38.8 Å². The summed E-state index contributed by atoms with van der Waals surface area (Å²) >= 11 is 0. The summed E-state index contributed by atoms with van der Waals surface area (Å²) in [6.07, 6.45) is 6.06. The number of carbonyl (C=O) groups is 1. The Kier molecular flexibility index (Phi) is 4.62. The molecule has 3 N–H and O–H groups in total. The molecule has 1 heterocycles. The molecule has 2 fully saturated rings. The first kappa shape index (κ1) is 13.8. The highest BCUT2D eigenvalue weighted by Gasteiger charge is 2.33. The smallest absolute Gasteiger partial charge is 0.306 e. The fourth-order valence-electron chi connectivity index (χ4n) is 3.55. The van der Waals surface area contributed by atoms with Gasteiger partial charge in [-0.15, -0.1) is 0 Å². The highest BCUT2D eigenvalue weighted by Crippen LogP contribution is 2.34. The largest absolute Gasteiger partial charge is 0.481 e. The van der Waals surface area contributed by atoms with Gasteiger partial charge in [-0.25, -0.2) is 0 Å². The molecule has 0 bridgehead atoms. The van der Waals surface area contributed by atoms with Crippen molar-refractivity contribution in [3.8, 4) is 0 Å². The predicted molar refractivity (Wildman–Crippen MR) is 71.3 cm³/mol. The number of carboxylic acid groups (broad SMARTS) is 1. The summed E-state index contributed by atoms with van der Waals surface area (Å²) in [6.45, 7) is 2.31. The van der Waals surface area contributed by atoms with Crippen molar-refractivity contribution < 1.29 is 9.90 Å². The van der Waals surface area contributed by atoms with Gasteiger partial charge in [0.1, 0.15) is 0 Å². The highest BCUT2D eigenvalue weighted by molar-refractivity contribution is 5.69. The van der Waals surface area contributed by atoms with E-state index in [9.17, 15) is 4.79 Å². The van der Waals surface area contributed by atoms with Crippen LogP contribution in [0, 0.1) is 17.8 Å². The maximum Gasteiger partial charge on any atom is 0.306 e. The van der Waals surface area contributed by atoms with Crippen LogP contribution in [0.15, 0.2) is 0 Å². The van der Waals surface area contributed by atoms with Gasteiger partial charge in [0.2, 0.25) is 0 Å². The molecular weight excluding hydrogens is 228 g/mol. The second kappa shape index (κ2) is 6.02. The van der Waals surface area contributed by atoms with Crippen LogP contribution >= 0.6 is 0 Å². The second-order valence-corrected chi connectivity index (χ2v) is 6.17. The number of aliphatic carboxylic acids is 1. The molecule has 2 rings (SSSR count). The SMILES string of the molecule is CN1CCC(C(N)C2CCC(C(=O)O)CC2)CC1. The molecule has 1 saturated heterocycles. The van der Waals surface area contributed by atoms with Crippen LogP contribution in [0.3, 0.4) is 0 Å². The van der Waals surface area contributed by atoms with Gasteiger partial charge in [0, 0.05) is 6.04 Å². The van der Waals surface area contributed by atoms with E-state index in [1.165, 1.54) is 12.8 Å². The quantitative estimate of drug-likeness (QED) is 0.802. The molecular formula is C14H26N2O2. The minimum atomic E-state index is -0.624. The van der Waals surface area contributed by atoms with Crippen molar-refractivity contribution in [2.75, 3.05) is 20.1 Å². The standard InChI is InChI=1S/C14H26N2O2/c1-16-8-6-11(7-9-16)13(15)10-2-4-12(5-3-10)14(17)18/h10-13H,2-9,15H2,1H3,(H,17,18). The average molecular weight is 254 g/mol. The Hall–Kier alpha value is -0.610. The monoisotopic (exact) mass is 254 g/mol. The maximum atomic E-state index is 10.9.